The van der Waals surface area contributed by atoms with E-state index in [2.05, 4.69) is 6.92 Å². The SMILES string of the molecule is CCCCCCCCCCCCCC1(C(=O)O)CCCCC1(C(=O)O)C(C)CC. The van der Waals surface area contributed by atoms with Gasteiger partial charge in [-0.1, -0.05) is 111 Å². The van der Waals surface area contributed by atoms with Crippen molar-refractivity contribution in [2.75, 3.05) is 0 Å². The molecule has 3 atom stereocenters. The highest BCUT2D eigenvalue weighted by Gasteiger charge is 2.63. The van der Waals surface area contributed by atoms with Gasteiger partial charge in [0.25, 0.3) is 0 Å². The molecule has 0 aromatic carbocycles. The minimum atomic E-state index is -1.12. The smallest absolute Gasteiger partial charge is 0.311 e. The third kappa shape index (κ3) is 6.46. The number of hydrogen-bond acceptors (Lipinski definition) is 2. The highest BCUT2D eigenvalue weighted by Crippen LogP contribution is 2.58. The number of rotatable bonds is 16. The van der Waals surface area contributed by atoms with Crippen molar-refractivity contribution in [3.05, 3.63) is 0 Å². The van der Waals surface area contributed by atoms with Gasteiger partial charge in [-0.25, -0.2) is 0 Å². The molecule has 1 aliphatic rings. The highest BCUT2D eigenvalue weighted by molar-refractivity contribution is 5.87. The van der Waals surface area contributed by atoms with E-state index in [1.54, 1.807) is 0 Å². The van der Waals surface area contributed by atoms with E-state index in [9.17, 15) is 19.8 Å². The maximum atomic E-state index is 12.5. The van der Waals surface area contributed by atoms with Crippen LogP contribution in [-0.4, -0.2) is 22.2 Å². The van der Waals surface area contributed by atoms with Crippen LogP contribution in [0.5, 0.6) is 0 Å². The molecule has 3 unspecified atom stereocenters. The molecule has 1 rings (SSSR count). The molecular formula is C25H46O4. The Balaban J connectivity index is 2.56. The largest absolute Gasteiger partial charge is 0.481 e. The summed E-state index contributed by atoms with van der Waals surface area (Å²) in [5.41, 5.74) is -2.23. The lowest BCUT2D eigenvalue weighted by Gasteiger charge is -2.51. The van der Waals surface area contributed by atoms with Crippen molar-refractivity contribution < 1.29 is 19.8 Å². The van der Waals surface area contributed by atoms with Gasteiger partial charge in [-0.2, -0.15) is 0 Å². The second-order valence-corrected chi connectivity index (χ2v) is 9.47. The van der Waals surface area contributed by atoms with E-state index in [1.165, 1.54) is 51.4 Å². The summed E-state index contributed by atoms with van der Waals surface area (Å²) >= 11 is 0. The summed E-state index contributed by atoms with van der Waals surface area (Å²) in [6.45, 7) is 6.17. The number of aliphatic carboxylic acids is 2. The van der Waals surface area contributed by atoms with Crippen molar-refractivity contribution in [1.29, 1.82) is 0 Å². The summed E-state index contributed by atoms with van der Waals surface area (Å²) in [7, 11) is 0. The zero-order valence-corrected chi connectivity index (χ0v) is 19.3. The Bertz CT molecular complexity index is 489. The number of carboxylic acid groups (broad SMARTS) is 2. The third-order valence-electron chi connectivity index (χ3n) is 7.73. The van der Waals surface area contributed by atoms with Crippen LogP contribution in [0, 0.1) is 16.7 Å². The van der Waals surface area contributed by atoms with Crippen LogP contribution in [0.25, 0.3) is 0 Å². The van der Waals surface area contributed by atoms with Crippen LogP contribution in [0.4, 0.5) is 0 Å². The van der Waals surface area contributed by atoms with Gasteiger partial charge < -0.3 is 10.2 Å². The van der Waals surface area contributed by atoms with E-state index in [-0.39, 0.29) is 5.92 Å². The fourth-order valence-corrected chi connectivity index (χ4v) is 5.73. The molecule has 0 saturated heterocycles. The molecule has 1 aliphatic carbocycles. The van der Waals surface area contributed by atoms with Gasteiger partial charge in [0.15, 0.2) is 0 Å². The summed E-state index contributed by atoms with van der Waals surface area (Å²) in [4.78, 5) is 24.9. The van der Waals surface area contributed by atoms with Crippen LogP contribution >= 0.6 is 0 Å². The molecule has 0 bridgehead atoms. The van der Waals surface area contributed by atoms with Crippen LogP contribution < -0.4 is 0 Å². The van der Waals surface area contributed by atoms with Gasteiger partial charge >= 0.3 is 11.9 Å². The summed E-state index contributed by atoms with van der Waals surface area (Å²) in [6, 6.07) is 0. The van der Waals surface area contributed by atoms with E-state index < -0.39 is 22.8 Å². The summed E-state index contributed by atoms with van der Waals surface area (Å²) < 4.78 is 0. The van der Waals surface area contributed by atoms with E-state index in [0.29, 0.717) is 25.7 Å². The Labute approximate surface area is 178 Å². The second-order valence-electron chi connectivity index (χ2n) is 9.47. The molecule has 0 spiro atoms. The standard InChI is InChI=1S/C25H46O4/c1-4-6-7-8-9-10-11-12-13-14-15-18-24(22(26)27)19-16-17-20-25(24,23(28)29)21(3)5-2/h21H,4-20H2,1-3H3,(H,26,27)(H,28,29). The maximum Gasteiger partial charge on any atom is 0.311 e. The Morgan fingerprint density at radius 2 is 1.24 bits per heavy atom. The van der Waals surface area contributed by atoms with Crippen molar-refractivity contribution in [1.82, 2.24) is 0 Å². The lowest BCUT2D eigenvalue weighted by atomic mass is 9.49. The number of carbonyl (C=O) groups is 2. The molecule has 1 saturated carbocycles. The van der Waals surface area contributed by atoms with Crippen molar-refractivity contribution >= 4 is 11.9 Å². The fourth-order valence-electron chi connectivity index (χ4n) is 5.73. The summed E-state index contributed by atoms with van der Waals surface area (Å²) in [6.07, 6.45) is 17.3. The topological polar surface area (TPSA) is 74.6 Å². The first kappa shape index (κ1) is 26.0. The first-order chi connectivity index (χ1) is 13.9. The normalized spacial score (nSPS) is 25.6. The molecule has 2 N–H and O–H groups in total. The van der Waals surface area contributed by atoms with E-state index in [1.807, 2.05) is 13.8 Å². The van der Waals surface area contributed by atoms with Crippen LogP contribution in [0.1, 0.15) is 130 Å². The Hall–Kier alpha value is -1.06. The lowest BCUT2D eigenvalue weighted by molar-refractivity contribution is -0.188. The molecule has 0 radical (unpaired) electrons. The molecule has 0 aromatic rings. The van der Waals surface area contributed by atoms with Gasteiger partial charge in [0.2, 0.25) is 0 Å². The van der Waals surface area contributed by atoms with Crippen molar-refractivity contribution in [2.24, 2.45) is 16.7 Å². The van der Waals surface area contributed by atoms with Crippen molar-refractivity contribution in [2.45, 2.75) is 130 Å². The Kier molecular flexibility index (Phi) is 11.9. The molecule has 4 nitrogen and oxygen atoms in total. The minimum Gasteiger partial charge on any atom is -0.481 e. The molecular weight excluding hydrogens is 364 g/mol. The second kappa shape index (κ2) is 13.3. The first-order valence-electron chi connectivity index (χ1n) is 12.4. The predicted octanol–water partition coefficient (Wildman–Crippen LogP) is 7.45. The average molecular weight is 411 g/mol. The summed E-state index contributed by atoms with van der Waals surface area (Å²) in [5, 5.41) is 20.4. The zero-order chi connectivity index (χ0) is 21.8. The van der Waals surface area contributed by atoms with Crippen LogP contribution in [0.3, 0.4) is 0 Å². The number of carboxylic acids is 2. The van der Waals surface area contributed by atoms with Crippen LogP contribution in [0.2, 0.25) is 0 Å². The van der Waals surface area contributed by atoms with Crippen molar-refractivity contribution in [3.8, 4) is 0 Å². The quantitative estimate of drug-likeness (QED) is 0.259. The van der Waals surface area contributed by atoms with E-state index in [4.69, 9.17) is 0 Å². The number of unbranched alkanes of at least 4 members (excludes halogenated alkanes) is 10. The molecule has 0 heterocycles. The van der Waals surface area contributed by atoms with Crippen LogP contribution in [0.15, 0.2) is 0 Å². The van der Waals surface area contributed by atoms with Gasteiger partial charge in [-0.15, -0.1) is 0 Å². The van der Waals surface area contributed by atoms with Gasteiger partial charge in [-0.3, -0.25) is 9.59 Å². The minimum absolute atomic E-state index is 0.121. The molecule has 4 heteroatoms. The molecule has 0 amide bonds. The summed E-state index contributed by atoms with van der Waals surface area (Å²) in [5.74, 6) is -1.90. The molecule has 170 valence electrons. The van der Waals surface area contributed by atoms with Gasteiger partial charge in [0.1, 0.15) is 0 Å². The molecule has 1 fully saturated rings. The van der Waals surface area contributed by atoms with E-state index in [0.717, 1.165) is 32.1 Å². The molecule has 29 heavy (non-hydrogen) atoms. The molecule has 0 aliphatic heterocycles. The highest BCUT2D eigenvalue weighted by atomic mass is 16.4. The predicted molar refractivity (Wildman–Crippen MR) is 119 cm³/mol. The molecule has 0 aromatic heterocycles. The first-order valence-corrected chi connectivity index (χ1v) is 12.4. The zero-order valence-electron chi connectivity index (χ0n) is 19.3. The monoisotopic (exact) mass is 410 g/mol. The van der Waals surface area contributed by atoms with Gasteiger partial charge in [-0.05, 0) is 25.2 Å². The Morgan fingerprint density at radius 3 is 1.69 bits per heavy atom. The van der Waals surface area contributed by atoms with Crippen molar-refractivity contribution in [3.63, 3.8) is 0 Å². The van der Waals surface area contributed by atoms with Crippen LogP contribution in [-0.2, 0) is 9.59 Å². The lowest BCUT2D eigenvalue weighted by Crippen LogP contribution is -2.57. The number of hydrogen-bond donors (Lipinski definition) is 2. The fraction of sp³-hybridized carbons (Fsp3) is 0.920. The third-order valence-corrected chi connectivity index (χ3v) is 7.73. The average Bonchev–Trinajstić information content (AvgIpc) is 2.71. The maximum absolute atomic E-state index is 12.5. The van der Waals surface area contributed by atoms with E-state index >= 15 is 0 Å². The Morgan fingerprint density at radius 1 is 0.759 bits per heavy atom. The van der Waals surface area contributed by atoms with Gasteiger partial charge in [0, 0.05) is 0 Å². The van der Waals surface area contributed by atoms with Gasteiger partial charge in [0.05, 0.1) is 10.8 Å².